The number of ether oxygens (including phenoxy) is 2. The van der Waals surface area contributed by atoms with Crippen LogP contribution < -0.4 is 5.32 Å². The molecule has 21 heavy (non-hydrogen) atoms. The van der Waals surface area contributed by atoms with E-state index in [-0.39, 0.29) is 18.6 Å². The predicted molar refractivity (Wildman–Crippen MR) is 82.4 cm³/mol. The maximum atomic E-state index is 11.7. The van der Waals surface area contributed by atoms with Gasteiger partial charge in [-0.1, -0.05) is 29.3 Å². The highest BCUT2D eigenvalue weighted by Crippen LogP contribution is 2.11. The van der Waals surface area contributed by atoms with E-state index in [4.69, 9.17) is 9.47 Å². The quantitative estimate of drug-likeness (QED) is 0.837. The largest absolute Gasteiger partial charge is 0.376 e. The van der Waals surface area contributed by atoms with Crippen molar-refractivity contribution < 1.29 is 14.3 Å². The molecule has 1 atom stereocenters. The first-order chi connectivity index (χ1) is 10.1. The van der Waals surface area contributed by atoms with Crippen LogP contribution in [0.5, 0.6) is 0 Å². The van der Waals surface area contributed by atoms with Gasteiger partial charge >= 0.3 is 0 Å². The van der Waals surface area contributed by atoms with Crippen LogP contribution in [0.1, 0.15) is 29.5 Å². The average Bonchev–Trinajstić information content (AvgIpc) is 2.91. The third-order valence-electron chi connectivity index (χ3n) is 3.58. The van der Waals surface area contributed by atoms with Crippen LogP contribution in [0.2, 0.25) is 0 Å². The summed E-state index contributed by atoms with van der Waals surface area (Å²) in [6.45, 7) is 6.28. The van der Waals surface area contributed by atoms with Gasteiger partial charge in [0.1, 0.15) is 6.61 Å². The molecule has 0 radical (unpaired) electrons. The topological polar surface area (TPSA) is 47.6 Å². The molecule has 0 bridgehead atoms. The van der Waals surface area contributed by atoms with E-state index in [0.717, 1.165) is 25.9 Å². The van der Waals surface area contributed by atoms with Gasteiger partial charge in [0, 0.05) is 13.2 Å². The third kappa shape index (κ3) is 5.86. The summed E-state index contributed by atoms with van der Waals surface area (Å²) in [5.74, 6) is -0.0580. The van der Waals surface area contributed by atoms with Crippen LogP contribution >= 0.6 is 0 Å². The second-order valence-corrected chi connectivity index (χ2v) is 5.75. The van der Waals surface area contributed by atoms with Gasteiger partial charge in [0.15, 0.2) is 0 Å². The fourth-order valence-corrected chi connectivity index (χ4v) is 2.67. The molecule has 1 heterocycles. The number of nitrogens with one attached hydrogen (secondary N) is 1. The lowest BCUT2D eigenvalue weighted by Crippen LogP contribution is -2.30. The zero-order valence-corrected chi connectivity index (χ0v) is 13.0. The summed E-state index contributed by atoms with van der Waals surface area (Å²) >= 11 is 0. The monoisotopic (exact) mass is 291 g/mol. The van der Waals surface area contributed by atoms with E-state index in [1.807, 2.05) is 0 Å². The number of carbonyl (C=O) groups excluding carboxylic acids is 1. The van der Waals surface area contributed by atoms with E-state index >= 15 is 0 Å². The molecule has 0 aliphatic carbocycles. The molecule has 0 spiro atoms. The molecule has 0 aromatic heterocycles. The molecule has 4 heteroatoms. The molecule has 116 valence electrons. The van der Waals surface area contributed by atoms with Gasteiger partial charge in [-0.05, 0) is 38.7 Å². The Hall–Kier alpha value is -1.39. The normalized spacial score (nSPS) is 17.9. The molecule has 4 nitrogen and oxygen atoms in total. The lowest BCUT2D eigenvalue weighted by atomic mass is 10.1. The summed E-state index contributed by atoms with van der Waals surface area (Å²) in [5, 5.41) is 2.89. The molecule has 1 aromatic rings. The first-order valence-corrected chi connectivity index (χ1v) is 7.67. The zero-order valence-electron chi connectivity index (χ0n) is 13.0. The summed E-state index contributed by atoms with van der Waals surface area (Å²) in [6, 6.07) is 6.47. The minimum absolute atomic E-state index is 0.0580. The molecule has 1 aromatic carbocycles. The van der Waals surface area contributed by atoms with Crippen LogP contribution in [0.15, 0.2) is 18.2 Å². The highest BCUT2D eigenvalue weighted by molar-refractivity contribution is 5.77. The fourth-order valence-electron chi connectivity index (χ4n) is 2.67. The number of hydrogen-bond acceptors (Lipinski definition) is 3. The lowest BCUT2D eigenvalue weighted by Gasteiger charge is -2.10. The number of benzene rings is 1. The second kappa shape index (κ2) is 8.15. The van der Waals surface area contributed by atoms with Crippen molar-refractivity contribution in [3.8, 4) is 0 Å². The number of aryl methyl sites for hydroxylation is 2. The Bertz CT molecular complexity index is 447. The summed E-state index contributed by atoms with van der Waals surface area (Å²) in [6.07, 6.45) is 3.15. The van der Waals surface area contributed by atoms with Crippen LogP contribution in [0.4, 0.5) is 0 Å². The average molecular weight is 291 g/mol. The highest BCUT2D eigenvalue weighted by Gasteiger charge is 2.15. The molecule has 1 unspecified atom stereocenters. The van der Waals surface area contributed by atoms with E-state index in [9.17, 15) is 4.79 Å². The Morgan fingerprint density at radius 2 is 2.10 bits per heavy atom. The summed E-state index contributed by atoms with van der Waals surface area (Å²) < 4.78 is 10.8. The van der Waals surface area contributed by atoms with Gasteiger partial charge in [0.2, 0.25) is 5.91 Å². The van der Waals surface area contributed by atoms with Crippen LogP contribution in [-0.2, 0) is 20.7 Å². The summed E-state index contributed by atoms with van der Waals surface area (Å²) in [4.78, 5) is 11.7. The van der Waals surface area contributed by atoms with Gasteiger partial charge < -0.3 is 14.8 Å². The Labute approximate surface area is 126 Å². The zero-order chi connectivity index (χ0) is 15.1. The summed E-state index contributed by atoms with van der Waals surface area (Å²) in [5.41, 5.74) is 3.78. The van der Waals surface area contributed by atoms with Crippen LogP contribution in [0, 0.1) is 13.8 Å². The van der Waals surface area contributed by atoms with Gasteiger partial charge in [-0.15, -0.1) is 0 Å². The second-order valence-electron chi connectivity index (χ2n) is 5.75. The van der Waals surface area contributed by atoms with E-state index in [1.54, 1.807) is 0 Å². The maximum absolute atomic E-state index is 11.7. The number of amides is 1. The molecule has 1 fully saturated rings. The Kier molecular flexibility index (Phi) is 6.21. The Morgan fingerprint density at radius 1 is 1.33 bits per heavy atom. The Morgan fingerprint density at radius 3 is 2.76 bits per heavy atom. The Balaban J connectivity index is 1.60. The van der Waals surface area contributed by atoms with E-state index < -0.39 is 0 Å². The van der Waals surface area contributed by atoms with Crippen LogP contribution in [0.25, 0.3) is 0 Å². The lowest BCUT2D eigenvalue weighted by molar-refractivity contribution is -0.126. The number of rotatable bonds is 7. The molecular formula is C17H25NO3. The SMILES string of the molecule is Cc1cc(C)cc(CCNC(=O)COCC2CCCO2)c1. The predicted octanol–water partition coefficient (Wildman–Crippen LogP) is 2.16. The molecule has 1 amide bonds. The van der Waals surface area contributed by atoms with Crippen molar-refractivity contribution in [2.24, 2.45) is 0 Å². The summed E-state index contributed by atoms with van der Waals surface area (Å²) in [7, 11) is 0. The van der Waals surface area contributed by atoms with Crippen molar-refractivity contribution in [2.75, 3.05) is 26.4 Å². The number of hydrogen-bond donors (Lipinski definition) is 1. The molecule has 1 saturated heterocycles. The first kappa shape index (κ1) is 16.0. The van der Waals surface area contributed by atoms with Gasteiger partial charge in [0.05, 0.1) is 12.7 Å². The standard InChI is InChI=1S/C17H25NO3/c1-13-8-14(2)10-15(9-13)5-6-18-17(19)12-20-11-16-4-3-7-21-16/h8-10,16H,3-7,11-12H2,1-2H3,(H,18,19). The van der Waals surface area contributed by atoms with Crippen molar-refractivity contribution >= 4 is 5.91 Å². The third-order valence-corrected chi connectivity index (χ3v) is 3.58. The highest BCUT2D eigenvalue weighted by atomic mass is 16.5. The number of carbonyl (C=O) groups is 1. The molecule has 2 rings (SSSR count). The minimum Gasteiger partial charge on any atom is -0.376 e. The minimum atomic E-state index is -0.0580. The van der Waals surface area contributed by atoms with Crippen LogP contribution in [0.3, 0.4) is 0 Å². The van der Waals surface area contributed by atoms with Gasteiger partial charge in [-0.3, -0.25) is 4.79 Å². The van der Waals surface area contributed by atoms with Gasteiger partial charge in [0.25, 0.3) is 0 Å². The molecular weight excluding hydrogens is 266 g/mol. The van der Waals surface area contributed by atoms with Gasteiger partial charge in [-0.2, -0.15) is 0 Å². The van der Waals surface area contributed by atoms with E-state index in [0.29, 0.717) is 13.2 Å². The van der Waals surface area contributed by atoms with Gasteiger partial charge in [-0.25, -0.2) is 0 Å². The molecule has 1 N–H and O–H groups in total. The molecule has 1 aliphatic rings. The van der Waals surface area contributed by atoms with Crippen molar-refractivity contribution in [3.63, 3.8) is 0 Å². The van der Waals surface area contributed by atoms with E-state index in [2.05, 4.69) is 37.4 Å². The first-order valence-electron chi connectivity index (χ1n) is 7.67. The van der Waals surface area contributed by atoms with Crippen LogP contribution in [-0.4, -0.2) is 38.4 Å². The van der Waals surface area contributed by atoms with Crippen molar-refractivity contribution in [2.45, 2.75) is 39.2 Å². The molecule has 1 aliphatic heterocycles. The van der Waals surface area contributed by atoms with E-state index in [1.165, 1.54) is 16.7 Å². The molecule has 0 saturated carbocycles. The maximum Gasteiger partial charge on any atom is 0.246 e. The fraction of sp³-hybridized carbons (Fsp3) is 0.588. The van der Waals surface area contributed by atoms with Crippen molar-refractivity contribution in [1.82, 2.24) is 5.32 Å². The van der Waals surface area contributed by atoms with Crippen molar-refractivity contribution in [3.05, 3.63) is 34.9 Å². The van der Waals surface area contributed by atoms with Crippen molar-refractivity contribution in [1.29, 1.82) is 0 Å². The smallest absolute Gasteiger partial charge is 0.246 e.